The van der Waals surface area contributed by atoms with Crippen LogP contribution in [0, 0.1) is 11.3 Å². The number of carbonyl (C=O) groups is 2. The second kappa shape index (κ2) is 6.42. The number of thioether (sulfide) groups is 1. The fourth-order valence-corrected chi connectivity index (χ4v) is 4.78. The van der Waals surface area contributed by atoms with Gasteiger partial charge in [0.25, 0.3) is 0 Å². The van der Waals surface area contributed by atoms with Gasteiger partial charge in [-0.3, -0.25) is 9.59 Å². The van der Waals surface area contributed by atoms with Crippen molar-refractivity contribution < 1.29 is 9.59 Å². The first-order valence-corrected chi connectivity index (χ1v) is 9.36. The van der Waals surface area contributed by atoms with E-state index in [0.29, 0.717) is 6.42 Å². The van der Waals surface area contributed by atoms with E-state index in [1.54, 1.807) is 0 Å². The predicted molar refractivity (Wildman–Crippen MR) is 91.6 cm³/mol. The summed E-state index contributed by atoms with van der Waals surface area (Å²) in [6, 6.07) is 0. The SMILES string of the molecule is CC(C)C(=O)N1CCSC12CCN(C(=O)CC(C)(C)C)CC2. The van der Waals surface area contributed by atoms with E-state index in [1.807, 2.05) is 30.5 Å². The van der Waals surface area contributed by atoms with E-state index in [9.17, 15) is 9.59 Å². The van der Waals surface area contributed by atoms with Crippen LogP contribution in [0.25, 0.3) is 0 Å². The second-order valence-corrected chi connectivity index (χ2v) is 9.51. The molecular weight excluding hydrogens is 296 g/mol. The van der Waals surface area contributed by atoms with E-state index >= 15 is 0 Å². The van der Waals surface area contributed by atoms with Crippen molar-refractivity contribution in [2.75, 3.05) is 25.4 Å². The number of carbonyl (C=O) groups excluding carboxylic acids is 2. The summed E-state index contributed by atoms with van der Waals surface area (Å²) in [5.74, 6) is 1.59. The van der Waals surface area contributed by atoms with Crippen LogP contribution in [-0.2, 0) is 9.59 Å². The molecule has 0 bridgehead atoms. The van der Waals surface area contributed by atoms with Gasteiger partial charge in [-0.15, -0.1) is 11.8 Å². The molecule has 0 atom stereocenters. The van der Waals surface area contributed by atoms with Gasteiger partial charge in [0.1, 0.15) is 0 Å². The molecule has 0 radical (unpaired) electrons. The van der Waals surface area contributed by atoms with Crippen molar-refractivity contribution >= 4 is 23.6 Å². The van der Waals surface area contributed by atoms with E-state index in [-0.39, 0.29) is 28.0 Å². The third kappa shape index (κ3) is 3.79. The third-order valence-electron chi connectivity index (χ3n) is 4.52. The van der Waals surface area contributed by atoms with Crippen LogP contribution >= 0.6 is 11.8 Å². The minimum atomic E-state index is -0.0557. The van der Waals surface area contributed by atoms with Crippen molar-refractivity contribution in [1.82, 2.24) is 9.80 Å². The summed E-state index contributed by atoms with van der Waals surface area (Å²) in [6.45, 7) is 12.7. The Balaban J connectivity index is 1.98. The molecule has 0 unspecified atom stereocenters. The van der Waals surface area contributed by atoms with Crippen molar-refractivity contribution in [2.45, 2.75) is 58.8 Å². The number of piperidine rings is 1. The van der Waals surface area contributed by atoms with Crippen LogP contribution < -0.4 is 0 Å². The summed E-state index contributed by atoms with van der Waals surface area (Å²) >= 11 is 1.91. The van der Waals surface area contributed by atoms with Gasteiger partial charge in [0, 0.05) is 37.7 Å². The lowest BCUT2D eigenvalue weighted by atomic mass is 9.91. The maximum Gasteiger partial charge on any atom is 0.226 e. The maximum absolute atomic E-state index is 12.5. The largest absolute Gasteiger partial charge is 0.342 e. The van der Waals surface area contributed by atoms with Crippen LogP contribution in [0.1, 0.15) is 53.9 Å². The Bertz CT molecular complexity index is 434. The Morgan fingerprint density at radius 3 is 2.23 bits per heavy atom. The van der Waals surface area contributed by atoms with Gasteiger partial charge in [-0.25, -0.2) is 0 Å². The molecule has 0 aromatic heterocycles. The zero-order valence-corrected chi connectivity index (χ0v) is 15.5. The lowest BCUT2D eigenvalue weighted by molar-refractivity contribution is -0.140. The molecule has 2 heterocycles. The fraction of sp³-hybridized carbons (Fsp3) is 0.882. The molecule has 2 amide bonds. The first-order valence-electron chi connectivity index (χ1n) is 8.38. The van der Waals surface area contributed by atoms with Crippen LogP contribution in [0.15, 0.2) is 0 Å². The minimum Gasteiger partial charge on any atom is -0.342 e. The molecule has 0 N–H and O–H groups in total. The molecule has 1 spiro atoms. The van der Waals surface area contributed by atoms with E-state index in [0.717, 1.165) is 38.2 Å². The lowest BCUT2D eigenvalue weighted by Gasteiger charge is -2.45. The molecule has 2 fully saturated rings. The summed E-state index contributed by atoms with van der Waals surface area (Å²) < 4.78 is 0. The van der Waals surface area contributed by atoms with Crippen LogP contribution in [0.4, 0.5) is 0 Å². The molecule has 2 rings (SSSR count). The zero-order chi connectivity index (χ0) is 16.5. The Labute approximate surface area is 139 Å². The predicted octanol–water partition coefficient (Wildman–Crippen LogP) is 2.97. The number of rotatable bonds is 2. The normalized spacial score (nSPS) is 21.7. The van der Waals surface area contributed by atoms with E-state index < -0.39 is 0 Å². The van der Waals surface area contributed by atoms with Crippen LogP contribution in [0.2, 0.25) is 0 Å². The molecule has 4 nitrogen and oxygen atoms in total. The molecule has 0 saturated carbocycles. The summed E-state index contributed by atoms with van der Waals surface area (Å²) in [4.78, 5) is 28.9. The van der Waals surface area contributed by atoms with Crippen molar-refractivity contribution in [1.29, 1.82) is 0 Å². The molecule has 22 heavy (non-hydrogen) atoms. The minimum absolute atomic E-state index is 0.0357. The van der Waals surface area contributed by atoms with E-state index in [2.05, 4.69) is 25.7 Å². The lowest BCUT2D eigenvalue weighted by Crippen LogP contribution is -2.54. The number of hydrogen-bond acceptors (Lipinski definition) is 3. The van der Waals surface area contributed by atoms with Crippen LogP contribution in [0.3, 0.4) is 0 Å². The summed E-state index contributed by atoms with van der Waals surface area (Å²) in [7, 11) is 0. The number of hydrogen-bond donors (Lipinski definition) is 0. The second-order valence-electron chi connectivity index (χ2n) is 8.06. The number of amides is 2. The molecule has 2 aliphatic rings. The molecular formula is C17H30N2O2S. The molecule has 5 heteroatoms. The average molecular weight is 327 g/mol. The molecule has 2 aliphatic heterocycles. The quantitative estimate of drug-likeness (QED) is 0.783. The Hall–Kier alpha value is -0.710. The highest BCUT2D eigenvalue weighted by molar-refractivity contribution is 8.00. The summed E-state index contributed by atoms with van der Waals surface area (Å²) in [5, 5.41) is 0. The smallest absolute Gasteiger partial charge is 0.226 e. The van der Waals surface area contributed by atoms with Gasteiger partial charge in [-0.1, -0.05) is 34.6 Å². The number of likely N-dealkylation sites (tertiary alicyclic amines) is 1. The van der Waals surface area contributed by atoms with Crippen molar-refractivity contribution in [3.63, 3.8) is 0 Å². The standard InChI is InChI=1S/C17H30N2O2S/c1-13(2)15(21)19-10-11-22-17(19)6-8-18(9-7-17)14(20)12-16(3,4)5/h13H,6-12H2,1-5H3. The van der Waals surface area contributed by atoms with Gasteiger partial charge in [0.15, 0.2) is 0 Å². The van der Waals surface area contributed by atoms with Gasteiger partial charge >= 0.3 is 0 Å². The first-order chi connectivity index (χ1) is 10.1. The summed E-state index contributed by atoms with van der Waals surface area (Å²) in [6.07, 6.45) is 2.42. The topological polar surface area (TPSA) is 40.6 Å². The molecule has 126 valence electrons. The van der Waals surface area contributed by atoms with Crippen LogP contribution in [0.5, 0.6) is 0 Å². The molecule has 0 aromatic rings. The molecule has 0 aliphatic carbocycles. The summed E-state index contributed by atoms with van der Waals surface area (Å²) in [5.41, 5.74) is 0.0357. The number of nitrogens with zero attached hydrogens (tertiary/aromatic N) is 2. The maximum atomic E-state index is 12.5. The van der Waals surface area contributed by atoms with Gasteiger partial charge in [0.2, 0.25) is 11.8 Å². The van der Waals surface area contributed by atoms with E-state index in [1.165, 1.54) is 0 Å². The highest BCUT2D eigenvalue weighted by atomic mass is 32.2. The zero-order valence-electron chi connectivity index (χ0n) is 14.6. The first kappa shape index (κ1) is 17.6. The third-order valence-corrected chi connectivity index (χ3v) is 6.07. The Morgan fingerprint density at radius 1 is 1.14 bits per heavy atom. The fourth-order valence-electron chi connectivity index (χ4n) is 3.32. The van der Waals surface area contributed by atoms with Crippen LogP contribution in [-0.4, -0.2) is 51.9 Å². The molecule has 0 aromatic carbocycles. The van der Waals surface area contributed by atoms with Crippen molar-refractivity contribution in [2.24, 2.45) is 11.3 Å². The van der Waals surface area contributed by atoms with Crippen molar-refractivity contribution in [3.05, 3.63) is 0 Å². The monoisotopic (exact) mass is 326 g/mol. The Kier molecular flexibility index (Phi) is 5.15. The highest BCUT2D eigenvalue weighted by Crippen LogP contribution is 2.44. The Morgan fingerprint density at radius 2 is 1.73 bits per heavy atom. The van der Waals surface area contributed by atoms with Gasteiger partial charge in [-0.05, 0) is 18.3 Å². The average Bonchev–Trinajstić information content (AvgIpc) is 2.79. The van der Waals surface area contributed by atoms with Crippen molar-refractivity contribution in [3.8, 4) is 0 Å². The molecule has 2 saturated heterocycles. The van der Waals surface area contributed by atoms with Gasteiger partial charge < -0.3 is 9.80 Å². The van der Waals surface area contributed by atoms with Gasteiger partial charge in [-0.2, -0.15) is 0 Å². The van der Waals surface area contributed by atoms with E-state index in [4.69, 9.17) is 0 Å². The van der Waals surface area contributed by atoms with Gasteiger partial charge in [0.05, 0.1) is 4.87 Å². The highest BCUT2D eigenvalue weighted by Gasteiger charge is 2.47.